The minimum absolute atomic E-state index is 0.150. The van der Waals surface area contributed by atoms with E-state index in [1.54, 1.807) is 0 Å². The van der Waals surface area contributed by atoms with Crippen LogP contribution in [0.3, 0.4) is 0 Å². The van der Waals surface area contributed by atoms with Crippen molar-refractivity contribution in [1.29, 1.82) is 0 Å². The van der Waals surface area contributed by atoms with Gasteiger partial charge < -0.3 is 15.0 Å². The van der Waals surface area contributed by atoms with Crippen molar-refractivity contribution in [1.82, 2.24) is 10.2 Å². The fourth-order valence-electron chi connectivity index (χ4n) is 2.71. The Hall–Kier alpha value is -0.420. The van der Waals surface area contributed by atoms with Crippen LogP contribution in [-0.2, 0) is 4.74 Å². The van der Waals surface area contributed by atoms with E-state index in [0.29, 0.717) is 12.1 Å². The number of ether oxygens (including phenoxy) is 1. The van der Waals surface area contributed by atoms with Crippen molar-refractivity contribution in [2.24, 2.45) is 0 Å². The Labute approximate surface area is 134 Å². The van der Waals surface area contributed by atoms with Crippen LogP contribution in [0.1, 0.15) is 53.4 Å². The zero-order valence-electron chi connectivity index (χ0n) is 14.3. The Morgan fingerprint density at radius 2 is 2.14 bits per heavy atom. The Balaban J connectivity index is 2.50. The SMILES string of the molecule is CSCCNC(C)CC1CCCCN1C(=O)OC(C)(C)C. The Bertz CT molecular complexity index is 318. The van der Waals surface area contributed by atoms with Crippen molar-refractivity contribution < 1.29 is 9.53 Å². The molecule has 1 fully saturated rings. The largest absolute Gasteiger partial charge is 0.444 e. The molecule has 21 heavy (non-hydrogen) atoms. The molecule has 1 aliphatic rings. The molecule has 1 heterocycles. The van der Waals surface area contributed by atoms with Gasteiger partial charge in [-0.15, -0.1) is 0 Å². The lowest BCUT2D eigenvalue weighted by Crippen LogP contribution is -2.48. The number of hydrogen-bond acceptors (Lipinski definition) is 4. The summed E-state index contributed by atoms with van der Waals surface area (Å²) >= 11 is 1.85. The van der Waals surface area contributed by atoms with E-state index in [2.05, 4.69) is 18.5 Å². The first-order chi connectivity index (χ1) is 9.83. The number of amides is 1. The maximum absolute atomic E-state index is 12.3. The molecule has 124 valence electrons. The molecular weight excluding hydrogens is 284 g/mol. The highest BCUT2D eigenvalue weighted by atomic mass is 32.2. The van der Waals surface area contributed by atoms with Crippen LogP contribution in [0.5, 0.6) is 0 Å². The van der Waals surface area contributed by atoms with E-state index < -0.39 is 5.60 Å². The van der Waals surface area contributed by atoms with Gasteiger partial charge in [0.25, 0.3) is 0 Å². The molecule has 0 aliphatic carbocycles. The molecule has 0 aromatic rings. The van der Waals surface area contributed by atoms with E-state index in [9.17, 15) is 4.79 Å². The van der Waals surface area contributed by atoms with Crippen molar-refractivity contribution >= 4 is 17.9 Å². The normalized spacial score (nSPS) is 21.2. The highest BCUT2D eigenvalue weighted by Crippen LogP contribution is 2.23. The Kier molecular flexibility index (Phi) is 7.88. The fraction of sp³-hybridized carbons (Fsp3) is 0.938. The highest BCUT2D eigenvalue weighted by Gasteiger charge is 2.31. The van der Waals surface area contributed by atoms with Crippen LogP contribution in [-0.4, -0.2) is 53.8 Å². The smallest absolute Gasteiger partial charge is 0.410 e. The number of hydrogen-bond donors (Lipinski definition) is 1. The predicted molar refractivity (Wildman–Crippen MR) is 91.0 cm³/mol. The zero-order valence-corrected chi connectivity index (χ0v) is 15.1. The lowest BCUT2D eigenvalue weighted by molar-refractivity contribution is 0.00794. The van der Waals surface area contributed by atoms with Crippen molar-refractivity contribution in [3.63, 3.8) is 0 Å². The lowest BCUT2D eigenvalue weighted by Gasteiger charge is -2.38. The van der Waals surface area contributed by atoms with Crippen LogP contribution < -0.4 is 5.32 Å². The second-order valence-electron chi connectivity index (χ2n) is 6.91. The van der Waals surface area contributed by atoms with Crippen molar-refractivity contribution in [3.05, 3.63) is 0 Å². The van der Waals surface area contributed by atoms with Crippen LogP contribution in [0, 0.1) is 0 Å². The van der Waals surface area contributed by atoms with Gasteiger partial charge in [-0.25, -0.2) is 4.79 Å². The highest BCUT2D eigenvalue weighted by molar-refractivity contribution is 7.98. The van der Waals surface area contributed by atoms with Crippen molar-refractivity contribution in [3.8, 4) is 0 Å². The van der Waals surface area contributed by atoms with E-state index in [-0.39, 0.29) is 6.09 Å². The zero-order chi connectivity index (χ0) is 15.9. The number of nitrogens with one attached hydrogen (secondary N) is 1. The molecule has 0 aromatic heterocycles. The second-order valence-corrected chi connectivity index (χ2v) is 7.89. The van der Waals surface area contributed by atoms with Gasteiger partial charge in [-0.1, -0.05) is 0 Å². The summed E-state index contributed by atoms with van der Waals surface area (Å²) in [5.41, 5.74) is -0.415. The fourth-order valence-corrected chi connectivity index (χ4v) is 3.03. The minimum atomic E-state index is -0.415. The van der Waals surface area contributed by atoms with Gasteiger partial charge in [0.05, 0.1) is 0 Å². The number of rotatable bonds is 6. The molecule has 0 aromatic carbocycles. The maximum atomic E-state index is 12.3. The molecule has 1 amide bonds. The summed E-state index contributed by atoms with van der Waals surface area (Å²) in [6, 6.07) is 0.746. The molecular formula is C16H32N2O2S. The first kappa shape index (κ1) is 18.6. The van der Waals surface area contributed by atoms with Gasteiger partial charge in [-0.3, -0.25) is 0 Å². The van der Waals surface area contributed by atoms with E-state index >= 15 is 0 Å². The van der Waals surface area contributed by atoms with E-state index in [4.69, 9.17) is 4.74 Å². The number of carbonyl (C=O) groups excluding carboxylic acids is 1. The minimum Gasteiger partial charge on any atom is -0.444 e. The third-order valence-corrected chi connectivity index (χ3v) is 4.29. The number of piperidine rings is 1. The molecule has 5 heteroatoms. The molecule has 2 unspecified atom stereocenters. The number of thioether (sulfide) groups is 1. The average molecular weight is 317 g/mol. The summed E-state index contributed by atoms with van der Waals surface area (Å²) in [7, 11) is 0. The van der Waals surface area contributed by atoms with Gasteiger partial charge in [0, 0.05) is 30.9 Å². The molecule has 0 bridgehead atoms. The summed E-state index contributed by atoms with van der Waals surface area (Å²) in [5, 5.41) is 3.54. The monoisotopic (exact) mass is 316 g/mol. The predicted octanol–water partition coefficient (Wildman–Crippen LogP) is 3.51. The van der Waals surface area contributed by atoms with Gasteiger partial charge >= 0.3 is 6.09 Å². The number of likely N-dealkylation sites (tertiary alicyclic amines) is 1. The van der Waals surface area contributed by atoms with Crippen molar-refractivity contribution in [2.45, 2.75) is 71.1 Å². The third kappa shape index (κ3) is 7.41. The van der Waals surface area contributed by atoms with Gasteiger partial charge in [-0.2, -0.15) is 11.8 Å². The summed E-state index contributed by atoms with van der Waals surface area (Å²) in [6.45, 7) is 9.85. The van der Waals surface area contributed by atoms with Gasteiger partial charge in [0.15, 0.2) is 0 Å². The van der Waals surface area contributed by atoms with Crippen LogP contribution >= 0.6 is 11.8 Å². The molecule has 0 saturated carbocycles. The summed E-state index contributed by atoms with van der Waals surface area (Å²) in [6.07, 6.45) is 6.37. The van der Waals surface area contributed by atoms with E-state index in [1.165, 1.54) is 6.42 Å². The molecule has 1 aliphatic heterocycles. The molecule has 0 radical (unpaired) electrons. The van der Waals surface area contributed by atoms with Crippen LogP contribution in [0.25, 0.3) is 0 Å². The lowest BCUT2D eigenvalue weighted by atomic mass is 9.97. The molecule has 2 atom stereocenters. The Morgan fingerprint density at radius 1 is 1.43 bits per heavy atom. The van der Waals surface area contributed by atoms with Gasteiger partial charge in [0.2, 0.25) is 0 Å². The first-order valence-electron chi connectivity index (χ1n) is 8.05. The quantitative estimate of drug-likeness (QED) is 0.762. The Morgan fingerprint density at radius 3 is 2.76 bits per heavy atom. The molecule has 0 spiro atoms. The molecule has 1 N–H and O–H groups in total. The van der Waals surface area contributed by atoms with Gasteiger partial charge in [0.1, 0.15) is 5.60 Å². The topological polar surface area (TPSA) is 41.6 Å². The van der Waals surface area contributed by atoms with Crippen molar-refractivity contribution in [2.75, 3.05) is 25.1 Å². The first-order valence-corrected chi connectivity index (χ1v) is 9.45. The summed E-state index contributed by atoms with van der Waals surface area (Å²) < 4.78 is 5.55. The third-order valence-electron chi connectivity index (χ3n) is 3.68. The molecule has 4 nitrogen and oxygen atoms in total. The summed E-state index contributed by atoms with van der Waals surface area (Å²) in [5.74, 6) is 1.13. The number of nitrogens with zero attached hydrogens (tertiary/aromatic N) is 1. The molecule has 1 saturated heterocycles. The standard InChI is InChI=1S/C16H32N2O2S/c1-13(17-9-11-21-5)12-14-8-6-7-10-18(14)15(19)20-16(2,3)4/h13-14,17H,6-12H2,1-5H3. The van der Waals surface area contributed by atoms with Crippen LogP contribution in [0.4, 0.5) is 4.79 Å². The summed E-state index contributed by atoms with van der Waals surface area (Å²) in [4.78, 5) is 14.3. The maximum Gasteiger partial charge on any atom is 0.410 e. The van der Waals surface area contributed by atoms with Crippen LogP contribution in [0.15, 0.2) is 0 Å². The number of carbonyl (C=O) groups is 1. The average Bonchev–Trinajstić information content (AvgIpc) is 2.37. The van der Waals surface area contributed by atoms with E-state index in [0.717, 1.165) is 38.1 Å². The van der Waals surface area contributed by atoms with Crippen LogP contribution in [0.2, 0.25) is 0 Å². The second kappa shape index (κ2) is 8.89. The molecule has 1 rings (SSSR count). The van der Waals surface area contributed by atoms with Gasteiger partial charge in [-0.05, 0) is 59.6 Å². The van der Waals surface area contributed by atoms with E-state index in [1.807, 2.05) is 37.4 Å².